The van der Waals surface area contributed by atoms with Gasteiger partial charge in [-0.2, -0.15) is 13.9 Å². The van der Waals surface area contributed by atoms with E-state index in [-0.39, 0.29) is 29.6 Å². The molecule has 1 amide bonds. The van der Waals surface area contributed by atoms with Crippen LogP contribution < -0.4 is 11.1 Å². The molecule has 0 atom stereocenters. The second kappa shape index (κ2) is 8.13. The lowest BCUT2D eigenvalue weighted by Gasteiger charge is -2.11. The van der Waals surface area contributed by atoms with Crippen LogP contribution in [0.25, 0.3) is 22.9 Å². The van der Waals surface area contributed by atoms with Crippen molar-refractivity contribution in [3.8, 4) is 22.9 Å². The molecule has 0 saturated heterocycles. The first-order valence-corrected chi connectivity index (χ1v) is 9.26. The molecule has 164 valence electrons. The number of benzene rings is 1. The number of nitrogens with two attached hydrogens (primary N) is 1. The van der Waals surface area contributed by atoms with Gasteiger partial charge in [0.1, 0.15) is 29.2 Å². The smallest absolute Gasteiger partial charge is 0.322 e. The van der Waals surface area contributed by atoms with Crippen molar-refractivity contribution in [3.05, 3.63) is 60.2 Å². The number of carbonyl (C=O) groups excluding carboxylic acids is 1. The van der Waals surface area contributed by atoms with Crippen LogP contribution in [0.3, 0.4) is 0 Å². The van der Waals surface area contributed by atoms with Gasteiger partial charge < -0.3 is 15.6 Å². The highest BCUT2D eigenvalue weighted by atomic mass is 19.3. The van der Waals surface area contributed by atoms with Gasteiger partial charge in [0.05, 0.1) is 18.4 Å². The Bertz CT molecular complexity index is 1270. The highest BCUT2D eigenvalue weighted by Gasteiger charge is 2.32. The number of aromatic nitrogens is 5. The Hall–Kier alpha value is -4.22. The quantitative estimate of drug-likeness (QED) is 0.468. The maximum Gasteiger partial charge on any atom is 0.322 e. The summed E-state index contributed by atoms with van der Waals surface area (Å²) >= 11 is 0. The monoisotopic (exact) mass is 443 g/mol. The van der Waals surface area contributed by atoms with E-state index in [4.69, 9.17) is 10.3 Å². The van der Waals surface area contributed by atoms with Gasteiger partial charge in [-0.1, -0.05) is 23.4 Å². The van der Waals surface area contributed by atoms with Gasteiger partial charge in [-0.05, 0) is 12.1 Å². The van der Waals surface area contributed by atoms with E-state index in [2.05, 4.69) is 20.2 Å². The van der Waals surface area contributed by atoms with Crippen molar-refractivity contribution < 1.29 is 22.5 Å². The molecular formula is C20H16F3N7O2. The van der Waals surface area contributed by atoms with Gasteiger partial charge in [0.2, 0.25) is 0 Å². The summed E-state index contributed by atoms with van der Waals surface area (Å²) in [7, 11) is 0. The maximum atomic E-state index is 14.2. The zero-order valence-electron chi connectivity index (χ0n) is 16.6. The lowest BCUT2D eigenvalue weighted by atomic mass is 10.2. The summed E-state index contributed by atoms with van der Waals surface area (Å²) < 4.78 is 46.8. The highest BCUT2D eigenvalue weighted by Crippen LogP contribution is 2.27. The molecule has 3 aromatic heterocycles. The summed E-state index contributed by atoms with van der Waals surface area (Å²) in [6.07, 6.45) is 2.48. The number of hydrogen-bond acceptors (Lipinski definition) is 7. The number of carbonyl (C=O) groups is 1. The minimum Gasteiger partial charge on any atom is -0.382 e. The van der Waals surface area contributed by atoms with Gasteiger partial charge in [0.25, 0.3) is 5.91 Å². The van der Waals surface area contributed by atoms with Crippen LogP contribution in [0.5, 0.6) is 0 Å². The molecule has 0 saturated carbocycles. The van der Waals surface area contributed by atoms with Gasteiger partial charge in [-0.3, -0.25) is 9.48 Å². The lowest BCUT2D eigenvalue weighted by molar-refractivity contribution is -0.137. The van der Waals surface area contributed by atoms with Gasteiger partial charge >= 0.3 is 5.92 Å². The summed E-state index contributed by atoms with van der Waals surface area (Å²) in [5.41, 5.74) is 7.26. The van der Waals surface area contributed by atoms with Crippen molar-refractivity contribution in [2.45, 2.75) is 19.4 Å². The fraction of sp³-hybridized carbons (Fsp3) is 0.150. The number of anilines is 2. The minimum absolute atomic E-state index is 0.0702. The van der Waals surface area contributed by atoms with Crippen LogP contribution in [-0.4, -0.2) is 36.7 Å². The van der Waals surface area contributed by atoms with Gasteiger partial charge in [-0.25, -0.2) is 14.4 Å². The Labute approximate surface area is 179 Å². The van der Waals surface area contributed by atoms with E-state index in [0.717, 1.165) is 6.20 Å². The van der Waals surface area contributed by atoms with Crippen molar-refractivity contribution >= 4 is 17.4 Å². The van der Waals surface area contributed by atoms with Gasteiger partial charge in [-0.15, -0.1) is 0 Å². The largest absolute Gasteiger partial charge is 0.382 e. The average molecular weight is 443 g/mol. The third-order valence-electron chi connectivity index (χ3n) is 4.45. The van der Waals surface area contributed by atoms with Crippen LogP contribution in [0.15, 0.2) is 53.4 Å². The van der Waals surface area contributed by atoms with Crippen LogP contribution in [-0.2, 0) is 11.3 Å². The minimum atomic E-state index is -3.59. The van der Waals surface area contributed by atoms with Crippen molar-refractivity contribution in [2.24, 2.45) is 0 Å². The predicted molar refractivity (Wildman–Crippen MR) is 108 cm³/mol. The van der Waals surface area contributed by atoms with Crippen molar-refractivity contribution in [1.82, 2.24) is 24.9 Å². The molecule has 0 aliphatic carbocycles. The number of amides is 1. The SMILES string of the molecule is CC(F)(F)C(=O)Nc1cnc(-c2cc(-c3ccon3)n(Cc3ccccc3F)n2)nc1N. The van der Waals surface area contributed by atoms with Crippen molar-refractivity contribution in [3.63, 3.8) is 0 Å². The number of halogens is 3. The molecule has 0 aliphatic rings. The standard InChI is InChI=1S/C20H16F3N7O2/c1-20(22,23)19(31)26-15-9-25-18(27-17(15)24)14-8-16(13-6-7-32-29-13)30(28-14)10-11-4-2-3-5-12(11)21/h2-9H,10H2,1H3,(H,26,31)(H2,24,25,27). The molecule has 1 aromatic carbocycles. The third-order valence-corrected chi connectivity index (χ3v) is 4.45. The molecule has 4 aromatic rings. The fourth-order valence-electron chi connectivity index (χ4n) is 2.83. The van der Waals surface area contributed by atoms with Crippen molar-refractivity contribution in [2.75, 3.05) is 11.1 Å². The van der Waals surface area contributed by atoms with E-state index in [0.29, 0.717) is 23.9 Å². The topological polar surface area (TPSA) is 125 Å². The van der Waals surface area contributed by atoms with E-state index >= 15 is 0 Å². The predicted octanol–water partition coefficient (Wildman–Crippen LogP) is 3.36. The van der Waals surface area contributed by atoms with Crippen LogP contribution in [0.4, 0.5) is 24.7 Å². The van der Waals surface area contributed by atoms with Gasteiger partial charge in [0.15, 0.2) is 11.6 Å². The molecule has 12 heteroatoms. The van der Waals surface area contributed by atoms with E-state index < -0.39 is 17.6 Å². The molecule has 9 nitrogen and oxygen atoms in total. The molecule has 0 fully saturated rings. The normalized spacial score (nSPS) is 11.5. The Morgan fingerprint density at radius 3 is 2.69 bits per heavy atom. The number of nitrogen functional groups attached to an aromatic ring is 1. The molecule has 4 rings (SSSR count). The number of alkyl halides is 2. The summed E-state index contributed by atoms with van der Waals surface area (Å²) in [5, 5.41) is 10.3. The van der Waals surface area contributed by atoms with Crippen molar-refractivity contribution in [1.29, 1.82) is 0 Å². The first-order valence-electron chi connectivity index (χ1n) is 9.26. The molecule has 3 N–H and O–H groups in total. The fourth-order valence-corrected chi connectivity index (χ4v) is 2.83. The second-order valence-electron chi connectivity index (χ2n) is 6.88. The van der Waals surface area contributed by atoms with Crippen LogP contribution >= 0.6 is 0 Å². The van der Waals surface area contributed by atoms with E-state index in [1.807, 2.05) is 5.32 Å². The molecule has 0 unspecified atom stereocenters. The zero-order chi connectivity index (χ0) is 22.9. The van der Waals surface area contributed by atoms with Crippen LogP contribution in [0.2, 0.25) is 0 Å². The first-order chi connectivity index (χ1) is 15.2. The number of rotatable bonds is 6. The second-order valence-corrected chi connectivity index (χ2v) is 6.88. The summed E-state index contributed by atoms with van der Waals surface area (Å²) in [4.78, 5) is 19.6. The highest BCUT2D eigenvalue weighted by molar-refractivity contribution is 5.97. The third kappa shape index (κ3) is 4.29. The molecule has 0 aliphatic heterocycles. The van der Waals surface area contributed by atoms with E-state index in [1.54, 1.807) is 30.3 Å². The summed E-state index contributed by atoms with van der Waals surface area (Å²) in [5.74, 6) is -5.68. The number of nitrogens with one attached hydrogen (secondary N) is 1. The van der Waals surface area contributed by atoms with Gasteiger partial charge in [0, 0.05) is 18.6 Å². The molecular weight excluding hydrogens is 427 g/mol. The summed E-state index contributed by atoms with van der Waals surface area (Å²) in [6, 6.07) is 9.46. The first kappa shape index (κ1) is 21.0. The van der Waals surface area contributed by atoms with E-state index in [9.17, 15) is 18.0 Å². The Morgan fingerprint density at radius 2 is 2.03 bits per heavy atom. The van der Waals surface area contributed by atoms with Crippen LogP contribution in [0.1, 0.15) is 12.5 Å². The summed E-state index contributed by atoms with van der Waals surface area (Å²) in [6.45, 7) is 0.547. The maximum absolute atomic E-state index is 14.2. The van der Waals surface area contributed by atoms with E-state index in [1.165, 1.54) is 17.0 Å². The zero-order valence-corrected chi connectivity index (χ0v) is 16.6. The molecule has 0 bridgehead atoms. The number of nitrogens with zero attached hydrogens (tertiary/aromatic N) is 5. The molecule has 0 radical (unpaired) electrons. The average Bonchev–Trinajstić information content (AvgIpc) is 3.40. The molecule has 0 spiro atoms. The Balaban J connectivity index is 1.69. The van der Waals surface area contributed by atoms with Crippen LogP contribution in [0, 0.1) is 5.82 Å². The Morgan fingerprint density at radius 1 is 1.25 bits per heavy atom. The number of hydrogen-bond donors (Lipinski definition) is 2. The molecule has 3 heterocycles. The lowest BCUT2D eigenvalue weighted by Crippen LogP contribution is -2.31. The Kier molecular flexibility index (Phi) is 5.34. The molecule has 32 heavy (non-hydrogen) atoms.